The first-order valence-corrected chi connectivity index (χ1v) is 9.57. The van der Waals surface area contributed by atoms with E-state index in [4.69, 9.17) is 16.6 Å². The molecule has 1 aliphatic rings. The SMILES string of the molecule is CCCCn1c([C@@H]2CC(=O)N(c3ccccc3Cl)C2)nc2ccccc21. The molecule has 1 atom stereocenters. The van der Waals surface area contributed by atoms with Gasteiger partial charge >= 0.3 is 0 Å². The highest BCUT2D eigenvalue weighted by atomic mass is 35.5. The van der Waals surface area contributed by atoms with E-state index in [0.717, 1.165) is 41.9 Å². The summed E-state index contributed by atoms with van der Waals surface area (Å²) in [6, 6.07) is 15.8. The van der Waals surface area contributed by atoms with Crippen LogP contribution < -0.4 is 4.90 Å². The molecule has 134 valence electrons. The molecule has 4 nitrogen and oxygen atoms in total. The molecule has 2 heterocycles. The van der Waals surface area contributed by atoms with Crippen LogP contribution in [0.3, 0.4) is 0 Å². The van der Waals surface area contributed by atoms with Gasteiger partial charge in [0.2, 0.25) is 5.91 Å². The van der Waals surface area contributed by atoms with Crippen molar-refractivity contribution in [2.75, 3.05) is 11.4 Å². The molecule has 1 saturated heterocycles. The number of carbonyl (C=O) groups is 1. The van der Waals surface area contributed by atoms with Crippen molar-refractivity contribution in [3.63, 3.8) is 0 Å². The molecule has 1 fully saturated rings. The highest BCUT2D eigenvalue weighted by Gasteiger charge is 2.35. The minimum absolute atomic E-state index is 0.0861. The quantitative estimate of drug-likeness (QED) is 0.635. The van der Waals surface area contributed by atoms with Crippen LogP contribution in [0.4, 0.5) is 5.69 Å². The molecule has 0 spiro atoms. The van der Waals surface area contributed by atoms with E-state index >= 15 is 0 Å². The van der Waals surface area contributed by atoms with E-state index in [2.05, 4.69) is 17.6 Å². The van der Waals surface area contributed by atoms with Gasteiger partial charge in [-0.3, -0.25) is 4.79 Å². The molecule has 0 unspecified atom stereocenters. The molecule has 1 aromatic heterocycles. The van der Waals surface area contributed by atoms with E-state index in [1.54, 1.807) is 4.90 Å². The number of nitrogens with zero attached hydrogens (tertiary/aromatic N) is 3. The number of rotatable bonds is 5. The fourth-order valence-electron chi connectivity index (χ4n) is 3.74. The third kappa shape index (κ3) is 2.99. The number of fused-ring (bicyclic) bond motifs is 1. The van der Waals surface area contributed by atoms with Gasteiger partial charge in [-0.15, -0.1) is 0 Å². The van der Waals surface area contributed by atoms with E-state index < -0.39 is 0 Å². The largest absolute Gasteiger partial charge is 0.328 e. The lowest BCUT2D eigenvalue weighted by Gasteiger charge is -2.18. The normalized spacial score (nSPS) is 17.4. The van der Waals surface area contributed by atoms with Gasteiger partial charge in [0.25, 0.3) is 0 Å². The second-order valence-electron chi connectivity index (χ2n) is 6.82. The minimum atomic E-state index is 0.0861. The Balaban J connectivity index is 1.70. The zero-order valence-corrected chi connectivity index (χ0v) is 15.6. The summed E-state index contributed by atoms with van der Waals surface area (Å²) in [5.41, 5.74) is 2.94. The highest BCUT2D eigenvalue weighted by Crippen LogP contribution is 2.36. The maximum Gasteiger partial charge on any atom is 0.227 e. The Hall–Kier alpha value is -2.33. The van der Waals surface area contributed by atoms with Crippen LogP contribution in [-0.4, -0.2) is 22.0 Å². The van der Waals surface area contributed by atoms with Gasteiger partial charge in [0.15, 0.2) is 0 Å². The molecule has 2 aromatic carbocycles. The number of hydrogen-bond donors (Lipinski definition) is 0. The molecular weight excluding hydrogens is 346 g/mol. The molecule has 4 rings (SSSR count). The lowest BCUT2D eigenvalue weighted by Crippen LogP contribution is -2.24. The van der Waals surface area contributed by atoms with Crippen LogP contribution in [0.1, 0.15) is 37.9 Å². The Kier molecular flexibility index (Phi) is 4.68. The number of anilines is 1. The van der Waals surface area contributed by atoms with Gasteiger partial charge in [-0.2, -0.15) is 0 Å². The summed E-state index contributed by atoms with van der Waals surface area (Å²) in [4.78, 5) is 19.4. The Morgan fingerprint density at radius 2 is 1.92 bits per heavy atom. The maximum atomic E-state index is 12.7. The molecule has 0 radical (unpaired) electrons. The first kappa shape index (κ1) is 17.1. The molecule has 0 aliphatic carbocycles. The van der Waals surface area contributed by atoms with Crippen LogP contribution >= 0.6 is 11.6 Å². The number of aromatic nitrogens is 2. The Labute approximate surface area is 158 Å². The van der Waals surface area contributed by atoms with E-state index in [9.17, 15) is 4.79 Å². The summed E-state index contributed by atoms with van der Waals surface area (Å²) < 4.78 is 2.30. The number of amides is 1. The van der Waals surface area contributed by atoms with E-state index in [0.29, 0.717) is 18.0 Å². The number of carbonyl (C=O) groups excluding carboxylic acids is 1. The van der Waals surface area contributed by atoms with Crippen molar-refractivity contribution in [1.29, 1.82) is 0 Å². The van der Waals surface area contributed by atoms with Crippen LogP contribution in [0, 0.1) is 0 Å². The third-order valence-electron chi connectivity index (χ3n) is 5.05. The van der Waals surface area contributed by atoms with E-state index in [1.807, 2.05) is 42.5 Å². The molecule has 3 aromatic rings. The van der Waals surface area contributed by atoms with E-state index in [1.165, 1.54) is 0 Å². The monoisotopic (exact) mass is 367 g/mol. The second kappa shape index (κ2) is 7.12. The van der Waals surface area contributed by atoms with Crippen molar-refractivity contribution in [3.05, 3.63) is 59.4 Å². The average Bonchev–Trinajstić information content (AvgIpc) is 3.21. The number of unbranched alkanes of at least 4 members (excludes halogenated alkanes) is 1. The van der Waals surface area contributed by atoms with Crippen LogP contribution in [0.5, 0.6) is 0 Å². The number of hydrogen-bond acceptors (Lipinski definition) is 2. The second-order valence-corrected chi connectivity index (χ2v) is 7.23. The van der Waals surface area contributed by atoms with Crippen LogP contribution in [-0.2, 0) is 11.3 Å². The Morgan fingerprint density at radius 3 is 2.73 bits per heavy atom. The Bertz CT molecular complexity index is 949. The van der Waals surface area contributed by atoms with Crippen LogP contribution in [0.2, 0.25) is 5.02 Å². The summed E-state index contributed by atoms with van der Waals surface area (Å²) in [6.45, 7) is 3.75. The predicted molar refractivity (Wildman–Crippen MR) is 106 cm³/mol. The fraction of sp³-hybridized carbons (Fsp3) is 0.333. The van der Waals surface area contributed by atoms with Crippen molar-refractivity contribution in [2.24, 2.45) is 0 Å². The van der Waals surface area contributed by atoms with Gasteiger partial charge in [0.05, 0.1) is 21.7 Å². The van der Waals surface area contributed by atoms with Crippen molar-refractivity contribution < 1.29 is 4.79 Å². The average molecular weight is 368 g/mol. The fourth-order valence-corrected chi connectivity index (χ4v) is 3.98. The van der Waals surface area contributed by atoms with Crippen LogP contribution in [0.15, 0.2) is 48.5 Å². The first-order valence-electron chi connectivity index (χ1n) is 9.19. The van der Waals surface area contributed by atoms with Gasteiger partial charge < -0.3 is 9.47 Å². The van der Waals surface area contributed by atoms with Crippen LogP contribution in [0.25, 0.3) is 11.0 Å². The molecule has 0 saturated carbocycles. The first-order chi connectivity index (χ1) is 12.7. The Morgan fingerprint density at radius 1 is 1.15 bits per heavy atom. The van der Waals surface area contributed by atoms with Gasteiger partial charge in [-0.05, 0) is 30.7 Å². The van der Waals surface area contributed by atoms with Crippen molar-refractivity contribution in [2.45, 2.75) is 38.6 Å². The zero-order valence-electron chi connectivity index (χ0n) is 14.9. The molecule has 0 N–H and O–H groups in total. The molecule has 0 bridgehead atoms. The number of aryl methyl sites for hydroxylation is 1. The molecule has 1 aliphatic heterocycles. The highest BCUT2D eigenvalue weighted by molar-refractivity contribution is 6.33. The predicted octanol–water partition coefficient (Wildman–Crippen LogP) is 5.01. The molecular formula is C21H22ClN3O. The molecule has 26 heavy (non-hydrogen) atoms. The summed E-state index contributed by atoms with van der Waals surface area (Å²) in [5.74, 6) is 1.21. The van der Waals surface area contributed by atoms with Gasteiger partial charge in [0, 0.05) is 25.4 Å². The van der Waals surface area contributed by atoms with Gasteiger partial charge in [-0.1, -0.05) is 49.2 Å². The topological polar surface area (TPSA) is 38.1 Å². The third-order valence-corrected chi connectivity index (χ3v) is 5.37. The molecule has 5 heteroatoms. The van der Waals surface area contributed by atoms with Gasteiger partial charge in [-0.25, -0.2) is 4.98 Å². The number of halogens is 1. The minimum Gasteiger partial charge on any atom is -0.328 e. The smallest absolute Gasteiger partial charge is 0.227 e. The summed E-state index contributed by atoms with van der Waals surface area (Å²) >= 11 is 6.31. The number of para-hydroxylation sites is 3. The summed E-state index contributed by atoms with van der Waals surface area (Å²) in [5, 5.41) is 0.612. The van der Waals surface area contributed by atoms with Crippen molar-refractivity contribution in [3.8, 4) is 0 Å². The van der Waals surface area contributed by atoms with Gasteiger partial charge in [0.1, 0.15) is 5.82 Å². The lowest BCUT2D eigenvalue weighted by molar-refractivity contribution is -0.117. The zero-order chi connectivity index (χ0) is 18.1. The molecule has 1 amide bonds. The summed E-state index contributed by atoms with van der Waals surface area (Å²) in [7, 11) is 0. The number of benzene rings is 2. The van der Waals surface area contributed by atoms with Crippen molar-refractivity contribution in [1.82, 2.24) is 9.55 Å². The lowest BCUT2D eigenvalue weighted by atomic mass is 10.1. The maximum absolute atomic E-state index is 12.7. The summed E-state index contributed by atoms with van der Waals surface area (Å²) in [6.07, 6.45) is 2.70. The van der Waals surface area contributed by atoms with Crippen molar-refractivity contribution >= 4 is 34.2 Å². The number of imidazole rings is 1. The van der Waals surface area contributed by atoms with E-state index in [-0.39, 0.29) is 11.8 Å². The standard InChI is InChI=1S/C21H22ClN3O/c1-2-3-12-24-19-11-7-5-9-17(19)23-21(24)15-13-20(26)25(14-15)18-10-6-4-8-16(18)22/h4-11,15H,2-3,12-14H2,1H3/t15-/m1/s1.